The molecular weight excluding hydrogens is 280 g/mol. The SMILES string of the molecule is COC(=O)/C=C/CCC(=O)c1ccc(-c2ccc(C)o2)cc1. The molecule has 0 radical (unpaired) electrons. The third kappa shape index (κ3) is 4.19. The van der Waals surface area contributed by atoms with Crippen molar-refractivity contribution in [2.24, 2.45) is 0 Å². The molecule has 0 amide bonds. The van der Waals surface area contributed by atoms with Crippen LogP contribution in [0.15, 0.2) is 53.0 Å². The summed E-state index contributed by atoms with van der Waals surface area (Å²) >= 11 is 0. The summed E-state index contributed by atoms with van der Waals surface area (Å²) in [5, 5.41) is 0. The Morgan fingerprint density at radius 3 is 2.45 bits per heavy atom. The van der Waals surface area contributed by atoms with Gasteiger partial charge in [-0.05, 0) is 25.5 Å². The predicted molar refractivity (Wildman–Crippen MR) is 83.6 cm³/mol. The van der Waals surface area contributed by atoms with E-state index in [0.717, 1.165) is 17.1 Å². The molecule has 1 aromatic carbocycles. The van der Waals surface area contributed by atoms with Crippen LogP contribution in [0.2, 0.25) is 0 Å². The number of carbonyl (C=O) groups excluding carboxylic acids is 2. The number of benzene rings is 1. The third-order valence-corrected chi connectivity index (χ3v) is 3.22. The van der Waals surface area contributed by atoms with Crippen molar-refractivity contribution in [3.8, 4) is 11.3 Å². The summed E-state index contributed by atoms with van der Waals surface area (Å²) < 4.78 is 10.0. The quantitative estimate of drug-likeness (QED) is 0.460. The summed E-state index contributed by atoms with van der Waals surface area (Å²) in [6, 6.07) is 11.1. The highest BCUT2D eigenvalue weighted by atomic mass is 16.5. The molecule has 1 heterocycles. The van der Waals surface area contributed by atoms with E-state index in [9.17, 15) is 9.59 Å². The Morgan fingerprint density at radius 2 is 1.86 bits per heavy atom. The van der Waals surface area contributed by atoms with Crippen LogP contribution in [0, 0.1) is 6.92 Å². The van der Waals surface area contributed by atoms with Crippen molar-refractivity contribution in [3.63, 3.8) is 0 Å². The van der Waals surface area contributed by atoms with E-state index in [2.05, 4.69) is 4.74 Å². The van der Waals surface area contributed by atoms with E-state index in [1.54, 1.807) is 18.2 Å². The van der Waals surface area contributed by atoms with E-state index in [1.807, 2.05) is 31.2 Å². The maximum Gasteiger partial charge on any atom is 0.330 e. The van der Waals surface area contributed by atoms with Crippen molar-refractivity contribution < 1.29 is 18.7 Å². The van der Waals surface area contributed by atoms with Gasteiger partial charge in [0.15, 0.2) is 5.78 Å². The number of methoxy groups -OCH3 is 1. The maximum atomic E-state index is 12.0. The number of esters is 1. The molecule has 22 heavy (non-hydrogen) atoms. The lowest BCUT2D eigenvalue weighted by atomic mass is 10.0. The molecule has 0 saturated heterocycles. The number of aryl methyl sites for hydroxylation is 1. The fraction of sp³-hybridized carbons (Fsp3) is 0.222. The van der Waals surface area contributed by atoms with E-state index >= 15 is 0 Å². The first-order valence-corrected chi connectivity index (χ1v) is 7.04. The van der Waals surface area contributed by atoms with Gasteiger partial charge < -0.3 is 9.15 Å². The highest BCUT2D eigenvalue weighted by molar-refractivity contribution is 5.96. The molecule has 0 aliphatic carbocycles. The largest absolute Gasteiger partial charge is 0.466 e. The van der Waals surface area contributed by atoms with Gasteiger partial charge in [0.05, 0.1) is 7.11 Å². The molecule has 0 aliphatic heterocycles. The first-order chi connectivity index (χ1) is 10.6. The minimum atomic E-state index is -0.412. The van der Waals surface area contributed by atoms with E-state index < -0.39 is 5.97 Å². The van der Waals surface area contributed by atoms with Gasteiger partial charge in [0.1, 0.15) is 11.5 Å². The highest BCUT2D eigenvalue weighted by Gasteiger charge is 2.07. The van der Waals surface area contributed by atoms with Gasteiger partial charge >= 0.3 is 5.97 Å². The van der Waals surface area contributed by atoms with Crippen LogP contribution in [0.1, 0.15) is 29.0 Å². The first-order valence-electron chi connectivity index (χ1n) is 7.04. The van der Waals surface area contributed by atoms with Crippen LogP contribution in [0.5, 0.6) is 0 Å². The minimum absolute atomic E-state index is 0.0386. The lowest BCUT2D eigenvalue weighted by Crippen LogP contribution is -1.98. The second-order valence-corrected chi connectivity index (χ2v) is 4.88. The Hall–Kier alpha value is -2.62. The standard InChI is InChI=1S/C18H18O4/c1-13-7-12-17(22-13)15-10-8-14(9-11-15)16(19)5-3-4-6-18(20)21-2/h4,6-12H,3,5H2,1-2H3/b6-4+. The highest BCUT2D eigenvalue weighted by Crippen LogP contribution is 2.22. The first kappa shape index (κ1) is 15.8. The molecule has 0 aliphatic rings. The fourth-order valence-electron chi connectivity index (χ4n) is 2.02. The van der Waals surface area contributed by atoms with Gasteiger partial charge in [-0.2, -0.15) is 0 Å². The summed E-state index contributed by atoms with van der Waals surface area (Å²) in [6.45, 7) is 1.89. The number of rotatable bonds is 6. The van der Waals surface area contributed by atoms with Gasteiger partial charge in [0.25, 0.3) is 0 Å². The Kier molecular flexibility index (Phi) is 5.31. The lowest BCUT2D eigenvalue weighted by Gasteiger charge is -2.01. The van der Waals surface area contributed by atoms with Gasteiger partial charge in [0, 0.05) is 23.6 Å². The zero-order valence-corrected chi connectivity index (χ0v) is 12.7. The molecule has 0 saturated carbocycles. The average molecular weight is 298 g/mol. The minimum Gasteiger partial charge on any atom is -0.466 e. The van der Waals surface area contributed by atoms with Crippen molar-refractivity contribution in [2.75, 3.05) is 7.11 Å². The van der Waals surface area contributed by atoms with E-state index in [4.69, 9.17) is 4.42 Å². The topological polar surface area (TPSA) is 56.5 Å². The molecule has 0 bridgehead atoms. The van der Waals surface area contributed by atoms with Crippen LogP contribution in [-0.2, 0) is 9.53 Å². The maximum absolute atomic E-state index is 12.0. The van der Waals surface area contributed by atoms with Crippen molar-refractivity contribution >= 4 is 11.8 Å². The van der Waals surface area contributed by atoms with E-state index in [-0.39, 0.29) is 5.78 Å². The molecule has 1 aromatic heterocycles. The summed E-state index contributed by atoms with van der Waals surface area (Å²) in [6.07, 6.45) is 3.83. The summed E-state index contributed by atoms with van der Waals surface area (Å²) in [7, 11) is 1.32. The monoisotopic (exact) mass is 298 g/mol. The molecule has 0 fully saturated rings. The van der Waals surface area contributed by atoms with Gasteiger partial charge in [0.2, 0.25) is 0 Å². The third-order valence-electron chi connectivity index (χ3n) is 3.22. The number of allylic oxidation sites excluding steroid dienone is 1. The number of ether oxygens (including phenoxy) is 1. The Bertz CT molecular complexity index is 677. The summed E-state index contributed by atoms with van der Waals surface area (Å²) in [5.74, 6) is 1.27. The van der Waals surface area contributed by atoms with Crippen LogP contribution < -0.4 is 0 Å². The molecule has 2 rings (SSSR count). The Balaban J connectivity index is 1.94. The zero-order valence-electron chi connectivity index (χ0n) is 12.7. The Labute approximate surface area is 129 Å². The van der Waals surface area contributed by atoms with Crippen LogP contribution >= 0.6 is 0 Å². The van der Waals surface area contributed by atoms with Gasteiger partial charge in [-0.15, -0.1) is 0 Å². The summed E-state index contributed by atoms with van der Waals surface area (Å²) in [5.41, 5.74) is 1.59. The van der Waals surface area contributed by atoms with E-state index in [0.29, 0.717) is 18.4 Å². The van der Waals surface area contributed by atoms with Crippen LogP contribution in [0.4, 0.5) is 0 Å². The van der Waals surface area contributed by atoms with Crippen molar-refractivity contribution in [3.05, 3.63) is 59.9 Å². The fourth-order valence-corrected chi connectivity index (χ4v) is 2.02. The smallest absolute Gasteiger partial charge is 0.330 e. The van der Waals surface area contributed by atoms with E-state index in [1.165, 1.54) is 13.2 Å². The van der Waals surface area contributed by atoms with Crippen LogP contribution in [0.3, 0.4) is 0 Å². The van der Waals surface area contributed by atoms with Crippen LogP contribution in [0.25, 0.3) is 11.3 Å². The van der Waals surface area contributed by atoms with Gasteiger partial charge in [-0.25, -0.2) is 4.79 Å². The molecule has 4 nitrogen and oxygen atoms in total. The number of ketones is 1. The lowest BCUT2D eigenvalue weighted by molar-refractivity contribution is -0.134. The van der Waals surface area contributed by atoms with Crippen molar-refractivity contribution in [2.45, 2.75) is 19.8 Å². The summed E-state index contributed by atoms with van der Waals surface area (Å²) in [4.78, 5) is 22.9. The number of carbonyl (C=O) groups is 2. The molecule has 0 spiro atoms. The van der Waals surface area contributed by atoms with Gasteiger partial charge in [-0.1, -0.05) is 30.3 Å². The van der Waals surface area contributed by atoms with Crippen molar-refractivity contribution in [1.82, 2.24) is 0 Å². The molecule has 0 atom stereocenters. The number of Topliss-reactive ketones (excluding diaryl/α,β-unsaturated/α-hetero) is 1. The number of furan rings is 1. The normalized spacial score (nSPS) is 10.8. The average Bonchev–Trinajstić information content (AvgIpc) is 2.97. The van der Waals surface area contributed by atoms with Crippen molar-refractivity contribution in [1.29, 1.82) is 0 Å². The molecule has 4 heteroatoms. The van der Waals surface area contributed by atoms with Crippen LogP contribution in [-0.4, -0.2) is 18.9 Å². The number of hydrogen-bond acceptors (Lipinski definition) is 4. The molecule has 114 valence electrons. The second-order valence-electron chi connectivity index (χ2n) is 4.88. The molecule has 0 unspecified atom stereocenters. The van der Waals surface area contributed by atoms with Gasteiger partial charge in [-0.3, -0.25) is 4.79 Å². The predicted octanol–water partition coefficient (Wildman–Crippen LogP) is 3.95. The molecule has 0 N–H and O–H groups in total. The Morgan fingerprint density at radius 1 is 1.14 bits per heavy atom. The number of hydrogen-bond donors (Lipinski definition) is 0. The second kappa shape index (κ2) is 7.41. The molecular formula is C18H18O4. The molecule has 2 aromatic rings. The zero-order chi connectivity index (χ0) is 15.9.